The molecule has 3 rings (SSSR count). The molecule has 0 aliphatic heterocycles. The molecular weight excluding hydrogens is 183 g/mol. The molecule has 0 aromatic heterocycles. The predicted molar refractivity (Wildman–Crippen MR) is 38.8 cm³/mol. The molecular formula is C8H10F3NO. The van der Waals surface area contributed by atoms with Crippen LogP contribution >= 0.6 is 0 Å². The molecule has 0 radical (unpaired) electrons. The van der Waals surface area contributed by atoms with Gasteiger partial charge in [-0.3, -0.25) is 4.79 Å². The van der Waals surface area contributed by atoms with Gasteiger partial charge in [-0.2, -0.15) is 13.2 Å². The van der Waals surface area contributed by atoms with Crippen LogP contribution in [0.5, 0.6) is 0 Å². The zero-order valence-corrected chi connectivity index (χ0v) is 6.95. The molecule has 0 unspecified atom stereocenters. The molecule has 0 saturated heterocycles. The molecule has 0 aromatic carbocycles. The summed E-state index contributed by atoms with van der Waals surface area (Å²) in [6.07, 6.45) is -2.91. The summed E-state index contributed by atoms with van der Waals surface area (Å²) in [5.74, 6) is 0. The summed E-state index contributed by atoms with van der Waals surface area (Å²) in [6, 6.07) is 0. The van der Waals surface area contributed by atoms with E-state index >= 15 is 0 Å². The maximum atomic E-state index is 12.3. The first-order chi connectivity index (χ1) is 5.93. The van der Waals surface area contributed by atoms with Gasteiger partial charge in [0.2, 0.25) is 6.41 Å². The average molecular weight is 193 g/mol. The fourth-order valence-corrected chi connectivity index (χ4v) is 2.74. The minimum atomic E-state index is -4.05. The summed E-state index contributed by atoms with van der Waals surface area (Å²) in [6.45, 7) is 0.397. The summed E-state index contributed by atoms with van der Waals surface area (Å²) in [5.41, 5.74) is -1.62. The number of nitrogens with one attached hydrogen (secondary N) is 1. The molecule has 5 heteroatoms. The third kappa shape index (κ3) is 0.988. The van der Waals surface area contributed by atoms with E-state index in [-0.39, 0.29) is 24.7 Å². The lowest BCUT2D eigenvalue weighted by atomic mass is 9.35. The van der Waals surface area contributed by atoms with Crippen molar-refractivity contribution in [3.05, 3.63) is 0 Å². The summed E-state index contributed by atoms with van der Waals surface area (Å²) in [7, 11) is 0. The molecule has 0 heterocycles. The average Bonchev–Trinajstić information content (AvgIpc) is 1.78. The standard InChI is InChI=1S/C8H10F3NO/c9-8(10,11)7-1-6(2-7,3-7)4-12-5-13/h5H,1-4H2,(H,12,13). The zero-order chi connectivity index (χ0) is 9.74. The molecule has 1 amide bonds. The van der Waals surface area contributed by atoms with Crippen molar-refractivity contribution < 1.29 is 18.0 Å². The van der Waals surface area contributed by atoms with E-state index in [1.54, 1.807) is 0 Å². The normalized spacial score (nSPS) is 41.8. The second-order valence-electron chi connectivity index (χ2n) is 4.31. The van der Waals surface area contributed by atoms with Crippen molar-refractivity contribution in [1.29, 1.82) is 0 Å². The first-order valence-electron chi connectivity index (χ1n) is 4.17. The van der Waals surface area contributed by atoms with Crippen LogP contribution in [0.2, 0.25) is 0 Å². The molecule has 1 N–H and O–H groups in total. The Morgan fingerprint density at radius 3 is 2.23 bits per heavy atom. The van der Waals surface area contributed by atoms with Crippen molar-refractivity contribution in [3.8, 4) is 0 Å². The largest absolute Gasteiger partial charge is 0.394 e. The van der Waals surface area contributed by atoms with E-state index in [0.717, 1.165) is 0 Å². The number of amides is 1. The van der Waals surface area contributed by atoms with Crippen LogP contribution in [-0.4, -0.2) is 19.1 Å². The van der Waals surface area contributed by atoms with Crippen LogP contribution in [0.15, 0.2) is 0 Å². The maximum Gasteiger partial charge on any atom is 0.394 e. The van der Waals surface area contributed by atoms with E-state index in [0.29, 0.717) is 13.0 Å². The molecule has 0 spiro atoms. The van der Waals surface area contributed by atoms with Crippen molar-refractivity contribution in [2.75, 3.05) is 6.54 Å². The van der Waals surface area contributed by atoms with Gasteiger partial charge in [0, 0.05) is 6.54 Å². The van der Waals surface area contributed by atoms with E-state index in [9.17, 15) is 18.0 Å². The number of rotatable bonds is 3. The zero-order valence-electron chi connectivity index (χ0n) is 6.95. The van der Waals surface area contributed by atoms with Crippen LogP contribution in [0, 0.1) is 10.8 Å². The number of carbonyl (C=O) groups is 1. The Labute approximate surface area is 73.5 Å². The van der Waals surface area contributed by atoms with Gasteiger partial charge >= 0.3 is 6.18 Å². The Morgan fingerprint density at radius 2 is 1.85 bits per heavy atom. The number of alkyl halides is 3. The summed E-state index contributed by atoms with van der Waals surface area (Å²) < 4.78 is 37.0. The van der Waals surface area contributed by atoms with Crippen molar-refractivity contribution in [2.45, 2.75) is 25.4 Å². The predicted octanol–water partition coefficient (Wildman–Crippen LogP) is 1.47. The molecule has 3 aliphatic rings. The molecule has 74 valence electrons. The first kappa shape index (κ1) is 8.84. The van der Waals surface area contributed by atoms with Crippen LogP contribution in [0.3, 0.4) is 0 Å². The summed E-state index contributed by atoms with van der Waals surface area (Å²) >= 11 is 0. The van der Waals surface area contributed by atoms with Gasteiger partial charge in [0.15, 0.2) is 0 Å². The van der Waals surface area contributed by atoms with Gasteiger partial charge in [-0.1, -0.05) is 0 Å². The molecule has 0 atom stereocenters. The summed E-state index contributed by atoms with van der Waals surface area (Å²) in [4.78, 5) is 9.95. The van der Waals surface area contributed by atoms with Gasteiger partial charge in [0.05, 0.1) is 5.41 Å². The smallest absolute Gasteiger partial charge is 0.358 e. The highest BCUT2D eigenvalue weighted by molar-refractivity contribution is 5.46. The van der Waals surface area contributed by atoms with E-state index in [2.05, 4.69) is 5.32 Å². The highest BCUT2D eigenvalue weighted by atomic mass is 19.4. The molecule has 3 fully saturated rings. The SMILES string of the molecule is O=CNCC12CC(C(F)(F)F)(C1)C2. The number of halogens is 3. The molecule has 2 bridgehead atoms. The third-order valence-electron chi connectivity index (χ3n) is 3.30. The van der Waals surface area contributed by atoms with Gasteiger partial charge in [-0.25, -0.2) is 0 Å². The highest BCUT2D eigenvalue weighted by Gasteiger charge is 2.77. The molecule has 3 aliphatic carbocycles. The minimum Gasteiger partial charge on any atom is -0.358 e. The molecule has 3 saturated carbocycles. The van der Waals surface area contributed by atoms with Crippen LogP contribution in [0.1, 0.15) is 19.3 Å². The molecule has 0 aromatic rings. The maximum absolute atomic E-state index is 12.3. The van der Waals surface area contributed by atoms with Crippen molar-refractivity contribution in [1.82, 2.24) is 5.32 Å². The second-order valence-corrected chi connectivity index (χ2v) is 4.31. The Hall–Kier alpha value is -0.740. The quantitative estimate of drug-likeness (QED) is 0.675. The van der Waals surface area contributed by atoms with E-state index in [4.69, 9.17) is 0 Å². The lowest BCUT2D eigenvalue weighted by molar-refractivity contribution is -0.360. The van der Waals surface area contributed by atoms with Crippen molar-refractivity contribution in [2.24, 2.45) is 10.8 Å². The lowest BCUT2D eigenvalue weighted by Gasteiger charge is -2.70. The topological polar surface area (TPSA) is 29.1 Å². The number of hydrogen-bond acceptors (Lipinski definition) is 1. The van der Waals surface area contributed by atoms with Crippen LogP contribution in [-0.2, 0) is 4.79 Å². The Balaban J connectivity index is 1.89. The fourth-order valence-electron chi connectivity index (χ4n) is 2.74. The van der Waals surface area contributed by atoms with Gasteiger partial charge in [0.25, 0.3) is 0 Å². The van der Waals surface area contributed by atoms with E-state index < -0.39 is 11.6 Å². The second kappa shape index (κ2) is 2.19. The van der Waals surface area contributed by atoms with Gasteiger partial charge in [-0.05, 0) is 24.7 Å². The monoisotopic (exact) mass is 193 g/mol. The Morgan fingerprint density at radius 1 is 1.31 bits per heavy atom. The molecule has 2 nitrogen and oxygen atoms in total. The Kier molecular flexibility index (Phi) is 1.49. The van der Waals surface area contributed by atoms with Crippen molar-refractivity contribution >= 4 is 6.41 Å². The van der Waals surface area contributed by atoms with Gasteiger partial charge < -0.3 is 5.32 Å². The van der Waals surface area contributed by atoms with Gasteiger partial charge in [-0.15, -0.1) is 0 Å². The van der Waals surface area contributed by atoms with Crippen LogP contribution in [0.25, 0.3) is 0 Å². The van der Waals surface area contributed by atoms with Crippen LogP contribution < -0.4 is 5.32 Å². The van der Waals surface area contributed by atoms with E-state index in [1.165, 1.54) is 0 Å². The van der Waals surface area contributed by atoms with Crippen LogP contribution in [0.4, 0.5) is 13.2 Å². The number of carbonyl (C=O) groups excluding carboxylic acids is 1. The summed E-state index contributed by atoms with van der Waals surface area (Å²) in [5, 5.41) is 2.45. The van der Waals surface area contributed by atoms with Crippen molar-refractivity contribution in [3.63, 3.8) is 0 Å². The lowest BCUT2D eigenvalue weighted by Crippen LogP contribution is -2.70. The third-order valence-corrected chi connectivity index (χ3v) is 3.30. The van der Waals surface area contributed by atoms with E-state index in [1.807, 2.05) is 0 Å². The minimum absolute atomic E-state index is 0.199. The van der Waals surface area contributed by atoms with Gasteiger partial charge in [0.1, 0.15) is 0 Å². The molecule has 13 heavy (non-hydrogen) atoms. The number of hydrogen-bond donors (Lipinski definition) is 1. The fraction of sp³-hybridized carbons (Fsp3) is 0.875. The first-order valence-corrected chi connectivity index (χ1v) is 4.17. The Bertz CT molecular complexity index is 228. The highest BCUT2D eigenvalue weighted by Crippen LogP contribution is 2.78.